The van der Waals surface area contributed by atoms with Crippen molar-refractivity contribution in [3.63, 3.8) is 0 Å². The van der Waals surface area contributed by atoms with Crippen molar-refractivity contribution < 1.29 is 22.7 Å². The summed E-state index contributed by atoms with van der Waals surface area (Å²) in [6.07, 6.45) is -2.39. The van der Waals surface area contributed by atoms with Gasteiger partial charge in [0, 0.05) is 38.5 Å². The fourth-order valence-electron chi connectivity index (χ4n) is 5.51. The molecule has 6 nitrogen and oxygen atoms in total. The molecule has 2 fully saturated rings. The Balaban J connectivity index is 1.45. The number of anilines is 2. The SMILES string of the molecule is N#Cc1ccccc1N1CCN2c3ccc(C(F)(F)F)cc3CC(C(=O)NCC3CCCO3)C2C1. The van der Waals surface area contributed by atoms with Crippen molar-refractivity contribution in [3.05, 3.63) is 59.2 Å². The summed E-state index contributed by atoms with van der Waals surface area (Å²) in [6, 6.07) is 13.2. The summed E-state index contributed by atoms with van der Waals surface area (Å²) in [5, 5.41) is 12.6. The maximum absolute atomic E-state index is 13.4. The molecule has 0 bridgehead atoms. The number of nitrogens with one attached hydrogen (secondary N) is 1. The van der Waals surface area contributed by atoms with E-state index in [1.807, 2.05) is 18.2 Å². The zero-order valence-electron chi connectivity index (χ0n) is 19.2. The van der Waals surface area contributed by atoms with Crippen LogP contribution < -0.4 is 15.1 Å². The highest BCUT2D eigenvalue weighted by Crippen LogP contribution is 2.40. The highest BCUT2D eigenvalue weighted by atomic mass is 19.4. The van der Waals surface area contributed by atoms with Crippen LogP contribution in [0.1, 0.15) is 29.5 Å². The van der Waals surface area contributed by atoms with E-state index in [0.717, 1.165) is 30.3 Å². The number of amides is 1. The van der Waals surface area contributed by atoms with Gasteiger partial charge in [-0.05, 0) is 55.2 Å². The van der Waals surface area contributed by atoms with Crippen molar-refractivity contribution >= 4 is 17.3 Å². The predicted octanol–water partition coefficient (Wildman–Crippen LogP) is 3.74. The summed E-state index contributed by atoms with van der Waals surface area (Å²) in [5.41, 5.74) is 1.96. The van der Waals surface area contributed by atoms with E-state index in [9.17, 15) is 23.2 Å². The molecule has 35 heavy (non-hydrogen) atoms. The summed E-state index contributed by atoms with van der Waals surface area (Å²) >= 11 is 0. The Morgan fingerprint density at radius 3 is 2.74 bits per heavy atom. The standard InChI is InChI=1S/C26H27F3N4O2/c27-26(28,29)19-7-8-23-18(12-19)13-21(25(34)31-15-20-5-3-11-35-20)24-16-32(9-10-33(23)24)22-6-2-1-4-17(22)14-30/h1-2,4,6-8,12,20-21,24H,3,5,9-11,13,15-16H2,(H,31,34). The van der Waals surface area contributed by atoms with E-state index in [1.54, 1.807) is 6.07 Å². The number of hydrogen-bond acceptors (Lipinski definition) is 5. The predicted molar refractivity (Wildman–Crippen MR) is 125 cm³/mol. The Morgan fingerprint density at radius 2 is 2.00 bits per heavy atom. The lowest BCUT2D eigenvalue weighted by Crippen LogP contribution is -2.61. The minimum atomic E-state index is -4.44. The van der Waals surface area contributed by atoms with Gasteiger partial charge in [-0.15, -0.1) is 0 Å². The number of fused-ring (bicyclic) bond motifs is 3. The summed E-state index contributed by atoms with van der Waals surface area (Å²) < 4.78 is 45.9. The fraction of sp³-hybridized carbons (Fsp3) is 0.462. The van der Waals surface area contributed by atoms with Gasteiger partial charge in [0.15, 0.2) is 0 Å². The molecule has 0 aliphatic carbocycles. The molecule has 5 rings (SSSR count). The van der Waals surface area contributed by atoms with Crippen LogP contribution in [0.15, 0.2) is 42.5 Å². The summed E-state index contributed by atoms with van der Waals surface area (Å²) in [6.45, 7) is 2.72. The first-order valence-corrected chi connectivity index (χ1v) is 12.0. The molecule has 0 saturated carbocycles. The second-order valence-corrected chi connectivity index (χ2v) is 9.37. The number of nitrogens with zero attached hydrogens (tertiary/aromatic N) is 3. The molecule has 0 aromatic heterocycles. The number of benzene rings is 2. The number of hydrogen-bond donors (Lipinski definition) is 1. The molecular formula is C26H27F3N4O2. The van der Waals surface area contributed by atoms with Gasteiger partial charge in [-0.2, -0.15) is 18.4 Å². The monoisotopic (exact) mass is 484 g/mol. The first kappa shape index (κ1) is 23.5. The zero-order valence-corrected chi connectivity index (χ0v) is 19.2. The lowest BCUT2D eigenvalue weighted by atomic mass is 9.82. The summed E-state index contributed by atoms with van der Waals surface area (Å²) in [4.78, 5) is 17.6. The molecule has 1 N–H and O–H groups in total. The molecule has 184 valence electrons. The summed E-state index contributed by atoms with van der Waals surface area (Å²) in [5.74, 6) is -0.696. The minimum absolute atomic E-state index is 0.0203. The normalized spacial score (nSPS) is 23.9. The average molecular weight is 485 g/mol. The molecule has 1 amide bonds. The second-order valence-electron chi connectivity index (χ2n) is 9.37. The van der Waals surface area contributed by atoms with Crippen LogP contribution in [0.3, 0.4) is 0 Å². The number of ether oxygens (including phenoxy) is 1. The minimum Gasteiger partial charge on any atom is -0.376 e. The molecule has 3 aliphatic heterocycles. The van der Waals surface area contributed by atoms with Crippen LogP contribution in [0.2, 0.25) is 0 Å². The van der Waals surface area contributed by atoms with Crippen LogP contribution in [0.5, 0.6) is 0 Å². The Labute approximate surface area is 202 Å². The largest absolute Gasteiger partial charge is 0.416 e. The first-order chi connectivity index (χ1) is 16.8. The van der Waals surface area contributed by atoms with E-state index in [1.165, 1.54) is 12.1 Å². The lowest BCUT2D eigenvalue weighted by Gasteiger charge is -2.50. The number of piperazine rings is 1. The first-order valence-electron chi connectivity index (χ1n) is 12.0. The van der Waals surface area contributed by atoms with Gasteiger partial charge in [0.25, 0.3) is 0 Å². The van der Waals surface area contributed by atoms with Crippen LogP contribution in [-0.4, -0.2) is 50.8 Å². The van der Waals surface area contributed by atoms with Crippen LogP contribution >= 0.6 is 0 Å². The smallest absolute Gasteiger partial charge is 0.376 e. The Kier molecular flexibility index (Phi) is 6.32. The highest BCUT2D eigenvalue weighted by Gasteiger charge is 2.43. The Hall–Kier alpha value is -3.25. The maximum atomic E-state index is 13.4. The number of carbonyl (C=O) groups is 1. The van der Waals surface area contributed by atoms with Crippen molar-refractivity contribution in [1.82, 2.24) is 5.32 Å². The highest BCUT2D eigenvalue weighted by molar-refractivity contribution is 5.82. The van der Waals surface area contributed by atoms with Crippen molar-refractivity contribution in [2.75, 3.05) is 42.6 Å². The van der Waals surface area contributed by atoms with Gasteiger partial charge < -0.3 is 19.9 Å². The molecule has 2 saturated heterocycles. The van der Waals surface area contributed by atoms with E-state index in [4.69, 9.17) is 4.74 Å². The molecule has 3 heterocycles. The third-order valence-corrected chi connectivity index (χ3v) is 7.27. The van der Waals surface area contributed by atoms with Crippen molar-refractivity contribution in [3.8, 4) is 6.07 Å². The molecule has 0 radical (unpaired) electrons. The number of halogens is 3. The molecule has 2 aromatic carbocycles. The second kappa shape index (κ2) is 9.42. The van der Waals surface area contributed by atoms with Gasteiger partial charge in [-0.25, -0.2) is 0 Å². The number of rotatable bonds is 4. The van der Waals surface area contributed by atoms with Crippen LogP contribution in [0, 0.1) is 17.2 Å². The average Bonchev–Trinajstić information content (AvgIpc) is 3.39. The number of para-hydroxylation sites is 1. The van der Waals surface area contributed by atoms with Gasteiger partial charge in [0.05, 0.1) is 34.9 Å². The molecule has 2 aromatic rings. The third kappa shape index (κ3) is 4.67. The Bertz CT molecular complexity index is 1140. The van der Waals surface area contributed by atoms with Gasteiger partial charge >= 0.3 is 6.18 Å². The van der Waals surface area contributed by atoms with Crippen LogP contribution in [0.4, 0.5) is 24.5 Å². The topological polar surface area (TPSA) is 68.6 Å². The van der Waals surface area contributed by atoms with Gasteiger partial charge in [-0.1, -0.05) is 12.1 Å². The van der Waals surface area contributed by atoms with E-state index < -0.39 is 17.7 Å². The quantitative estimate of drug-likeness (QED) is 0.716. The molecule has 3 atom stereocenters. The molecule has 3 unspecified atom stereocenters. The van der Waals surface area contributed by atoms with Crippen molar-refractivity contribution in [2.45, 2.75) is 37.6 Å². The zero-order chi connectivity index (χ0) is 24.6. The van der Waals surface area contributed by atoms with E-state index in [0.29, 0.717) is 43.9 Å². The van der Waals surface area contributed by atoms with E-state index >= 15 is 0 Å². The van der Waals surface area contributed by atoms with Crippen molar-refractivity contribution in [2.24, 2.45) is 5.92 Å². The molecule has 0 spiro atoms. The van der Waals surface area contributed by atoms with E-state index in [2.05, 4.69) is 21.2 Å². The fourth-order valence-corrected chi connectivity index (χ4v) is 5.51. The molecule has 9 heteroatoms. The number of nitriles is 1. The van der Waals surface area contributed by atoms with Gasteiger partial charge in [-0.3, -0.25) is 4.79 Å². The van der Waals surface area contributed by atoms with Crippen LogP contribution in [-0.2, 0) is 22.1 Å². The van der Waals surface area contributed by atoms with Crippen LogP contribution in [0.25, 0.3) is 0 Å². The lowest BCUT2D eigenvalue weighted by molar-refractivity contribution is -0.137. The molecule has 3 aliphatic rings. The van der Waals surface area contributed by atoms with Gasteiger partial charge in [0.1, 0.15) is 6.07 Å². The molecular weight excluding hydrogens is 457 g/mol. The Morgan fingerprint density at radius 1 is 1.17 bits per heavy atom. The third-order valence-electron chi connectivity index (χ3n) is 7.27. The van der Waals surface area contributed by atoms with Gasteiger partial charge in [0.2, 0.25) is 5.91 Å². The van der Waals surface area contributed by atoms with Crippen molar-refractivity contribution in [1.29, 1.82) is 5.26 Å². The van der Waals surface area contributed by atoms with E-state index in [-0.39, 0.29) is 24.5 Å². The number of carbonyl (C=O) groups excluding carboxylic acids is 1. The summed E-state index contributed by atoms with van der Waals surface area (Å²) in [7, 11) is 0. The maximum Gasteiger partial charge on any atom is 0.416 e. The number of alkyl halides is 3.